The predicted octanol–water partition coefficient (Wildman–Crippen LogP) is 0.406. The van der Waals surface area contributed by atoms with Gasteiger partial charge in [-0.05, 0) is 44.6 Å². The molecule has 3 N–H and O–H groups in total. The van der Waals surface area contributed by atoms with Crippen LogP contribution in [0.3, 0.4) is 0 Å². The smallest absolute Gasteiger partial charge is 0.237 e. The van der Waals surface area contributed by atoms with Gasteiger partial charge in [0.1, 0.15) is 0 Å². The van der Waals surface area contributed by atoms with Gasteiger partial charge < -0.3 is 15.7 Å². The molecule has 0 aromatic heterocycles. The minimum atomic E-state index is -0.153. The van der Waals surface area contributed by atoms with Crippen LogP contribution in [0.25, 0.3) is 0 Å². The van der Waals surface area contributed by atoms with E-state index in [4.69, 9.17) is 0 Å². The highest BCUT2D eigenvalue weighted by atomic mass is 16.3. The largest absolute Gasteiger partial charge is 0.393 e. The Labute approximate surface area is 96.8 Å². The molecule has 4 heteroatoms. The van der Waals surface area contributed by atoms with Crippen molar-refractivity contribution in [2.24, 2.45) is 5.92 Å². The van der Waals surface area contributed by atoms with Crippen LogP contribution in [-0.2, 0) is 4.79 Å². The van der Waals surface area contributed by atoms with Crippen molar-refractivity contribution in [3.63, 3.8) is 0 Å². The van der Waals surface area contributed by atoms with Gasteiger partial charge in [0.05, 0.1) is 12.1 Å². The first-order chi connectivity index (χ1) is 7.75. The molecule has 0 aromatic carbocycles. The molecule has 1 saturated heterocycles. The van der Waals surface area contributed by atoms with E-state index < -0.39 is 0 Å². The Morgan fingerprint density at radius 3 is 2.88 bits per heavy atom. The first-order valence-corrected chi connectivity index (χ1v) is 6.45. The second kappa shape index (κ2) is 5.64. The molecule has 92 valence electrons. The Kier molecular flexibility index (Phi) is 4.18. The molecule has 3 atom stereocenters. The quantitative estimate of drug-likeness (QED) is 0.653. The van der Waals surface area contributed by atoms with Gasteiger partial charge in [-0.2, -0.15) is 0 Å². The van der Waals surface area contributed by atoms with Gasteiger partial charge in [0.15, 0.2) is 0 Å². The molecule has 1 heterocycles. The van der Waals surface area contributed by atoms with E-state index in [2.05, 4.69) is 10.6 Å². The third-order valence-corrected chi connectivity index (χ3v) is 3.70. The maximum Gasteiger partial charge on any atom is 0.237 e. The highest BCUT2D eigenvalue weighted by Crippen LogP contribution is 2.23. The SMILES string of the molecule is O=C(NCC1CCCC(O)C1)[C@H]1CCCN1. The van der Waals surface area contributed by atoms with Crippen LogP contribution in [0.4, 0.5) is 0 Å². The van der Waals surface area contributed by atoms with Gasteiger partial charge in [0.25, 0.3) is 0 Å². The maximum absolute atomic E-state index is 11.7. The summed E-state index contributed by atoms with van der Waals surface area (Å²) in [6, 6.07) is 0.0218. The van der Waals surface area contributed by atoms with Crippen LogP contribution in [0.5, 0.6) is 0 Å². The Hall–Kier alpha value is -0.610. The zero-order valence-corrected chi connectivity index (χ0v) is 9.74. The lowest BCUT2D eigenvalue weighted by Crippen LogP contribution is -2.43. The average molecular weight is 226 g/mol. The van der Waals surface area contributed by atoms with Gasteiger partial charge in [0, 0.05) is 6.54 Å². The van der Waals surface area contributed by atoms with Gasteiger partial charge in [-0.1, -0.05) is 6.42 Å². The first-order valence-electron chi connectivity index (χ1n) is 6.45. The number of carbonyl (C=O) groups excluding carboxylic acids is 1. The molecule has 0 spiro atoms. The minimum Gasteiger partial charge on any atom is -0.393 e. The zero-order chi connectivity index (χ0) is 11.4. The van der Waals surface area contributed by atoms with E-state index in [0.717, 1.165) is 51.6 Å². The van der Waals surface area contributed by atoms with E-state index in [1.807, 2.05) is 0 Å². The summed E-state index contributed by atoms with van der Waals surface area (Å²) in [6.45, 7) is 1.69. The highest BCUT2D eigenvalue weighted by molar-refractivity contribution is 5.81. The number of amides is 1. The molecule has 1 aliphatic carbocycles. The molecular weight excluding hydrogens is 204 g/mol. The highest BCUT2D eigenvalue weighted by Gasteiger charge is 2.24. The third-order valence-electron chi connectivity index (χ3n) is 3.70. The molecule has 1 amide bonds. The van der Waals surface area contributed by atoms with Crippen LogP contribution in [-0.4, -0.2) is 36.2 Å². The normalized spacial score (nSPS) is 34.9. The molecule has 1 saturated carbocycles. The monoisotopic (exact) mass is 226 g/mol. The number of aliphatic hydroxyl groups is 1. The van der Waals surface area contributed by atoms with Gasteiger partial charge in [0.2, 0.25) is 5.91 Å². The van der Waals surface area contributed by atoms with Crippen LogP contribution in [0.15, 0.2) is 0 Å². The Morgan fingerprint density at radius 1 is 1.31 bits per heavy atom. The standard InChI is InChI=1S/C12H22N2O2/c15-10-4-1-3-9(7-10)8-14-12(16)11-5-2-6-13-11/h9-11,13,15H,1-8H2,(H,14,16)/t9?,10?,11-/m1/s1. The summed E-state index contributed by atoms with van der Waals surface area (Å²) in [4.78, 5) is 11.7. The predicted molar refractivity (Wildman–Crippen MR) is 62.0 cm³/mol. The maximum atomic E-state index is 11.7. The van der Waals surface area contributed by atoms with Crippen molar-refractivity contribution in [2.45, 2.75) is 50.7 Å². The van der Waals surface area contributed by atoms with Crippen LogP contribution >= 0.6 is 0 Å². The van der Waals surface area contributed by atoms with Crippen LogP contribution < -0.4 is 10.6 Å². The van der Waals surface area contributed by atoms with Crippen molar-refractivity contribution in [1.82, 2.24) is 10.6 Å². The number of hydrogen-bond acceptors (Lipinski definition) is 3. The number of nitrogens with one attached hydrogen (secondary N) is 2. The molecular formula is C12H22N2O2. The number of rotatable bonds is 3. The van der Waals surface area contributed by atoms with Gasteiger partial charge in [-0.15, -0.1) is 0 Å². The van der Waals surface area contributed by atoms with E-state index >= 15 is 0 Å². The summed E-state index contributed by atoms with van der Waals surface area (Å²) in [5, 5.41) is 15.7. The number of carbonyl (C=O) groups is 1. The summed E-state index contributed by atoms with van der Waals surface area (Å²) in [6.07, 6.45) is 5.89. The van der Waals surface area contributed by atoms with E-state index in [9.17, 15) is 9.90 Å². The number of aliphatic hydroxyl groups excluding tert-OH is 1. The van der Waals surface area contributed by atoms with E-state index in [-0.39, 0.29) is 18.1 Å². The van der Waals surface area contributed by atoms with Crippen molar-refractivity contribution in [3.8, 4) is 0 Å². The van der Waals surface area contributed by atoms with Crippen LogP contribution in [0.2, 0.25) is 0 Å². The van der Waals surface area contributed by atoms with E-state index in [0.29, 0.717) is 5.92 Å². The first kappa shape index (κ1) is 11.9. The fourth-order valence-corrected chi connectivity index (χ4v) is 2.72. The van der Waals surface area contributed by atoms with Gasteiger partial charge >= 0.3 is 0 Å². The second-order valence-electron chi connectivity index (χ2n) is 5.08. The lowest BCUT2D eigenvalue weighted by atomic mass is 9.87. The molecule has 0 bridgehead atoms. The lowest BCUT2D eigenvalue weighted by molar-refractivity contribution is -0.123. The summed E-state index contributed by atoms with van der Waals surface area (Å²) in [5.74, 6) is 0.603. The third kappa shape index (κ3) is 3.19. The van der Waals surface area contributed by atoms with Crippen molar-refractivity contribution in [2.75, 3.05) is 13.1 Å². The molecule has 2 fully saturated rings. The van der Waals surface area contributed by atoms with Crippen molar-refractivity contribution >= 4 is 5.91 Å². The van der Waals surface area contributed by atoms with Crippen LogP contribution in [0.1, 0.15) is 38.5 Å². The van der Waals surface area contributed by atoms with E-state index in [1.54, 1.807) is 0 Å². The molecule has 2 unspecified atom stereocenters. The molecule has 4 nitrogen and oxygen atoms in total. The molecule has 0 aromatic rings. The molecule has 16 heavy (non-hydrogen) atoms. The molecule has 2 aliphatic rings. The summed E-state index contributed by atoms with van der Waals surface area (Å²) in [5.41, 5.74) is 0. The van der Waals surface area contributed by atoms with Crippen molar-refractivity contribution < 1.29 is 9.90 Å². The molecule has 2 rings (SSSR count). The van der Waals surface area contributed by atoms with E-state index in [1.165, 1.54) is 0 Å². The lowest BCUT2D eigenvalue weighted by Gasteiger charge is -2.26. The fourth-order valence-electron chi connectivity index (χ4n) is 2.72. The number of hydrogen-bond donors (Lipinski definition) is 3. The van der Waals surface area contributed by atoms with Crippen molar-refractivity contribution in [1.29, 1.82) is 0 Å². The topological polar surface area (TPSA) is 61.4 Å². The molecule has 0 radical (unpaired) electrons. The fraction of sp³-hybridized carbons (Fsp3) is 0.917. The Morgan fingerprint density at radius 2 is 2.19 bits per heavy atom. The van der Waals surface area contributed by atoms with Gasteiger partial charge in [-0.3, -0.25) is 4.79 Å². The Bertz CT molecular complexity index is 239. The van der Waals surface area contributed by atoms with Crippen molar-refractivity contribution in [3.05, 3.63) is 0 Å². The molecule has 1 aliphatic heterocycles. The summed E-state index contributed by atoms with van der Waals surface area (Å²) >= 11 is 0. The average Bonchev–Trinajstić information content (AvgIpc) is 2.79. The summed E-state index contributed by atoms with van der Waals surface area (Å²) < 4.78 is 0. The summed E-state index contributed by atoms with van der Waals surface area (Å²) in [7, 11) is 0. The van der Waals surface area contributed by atoms with Crippen LogP contribution in [0, 0.1) is 5.92 Å². The minimum absolute atomic E-state index is 0.0218. The van der Waals surface area contributed by atoms with Gasteiger partial charge in [-0.25, -0.2) is 0 Å². The second-order valence-corrected chi connectivity index (χ2v) is 5.08. The zero-order valence-electron chi connectivity index (χ0n) is 9.74. The Balaban J connectivity index is 1.67.